The maximum Gasteiger partial charge on any atom is 0.244 e. The Morgan fingerprint density at radius 1 is 1.47 bits per heavy atom. The summed E-state index contributed by atoms with van der Waals surface area (Å²) in [6.07, 6.45) is 3.14. The smallest absolute Gasteiger partial charge is 0.244 e. The Morgan fingerprint density at radius 3 is 2.74 bits per heavy atom. The summed E-state index contributed by atoms with van der Waals surface area (Å²) in [6.45, 7) is 6.62. The lowest BCUT2D eigenvalue weighted by Crippen LogP contribution is -2.39. The third-order valence-corrected chi connectivity index (χ3v) is 5.11. The van der Waals surface area contributed by atoms with E-state index in [9.17, 15) is 4.79 Å². The van der Waals surface area contributed by atoms with E-state index >= 15 is 0 Å². The van der Waals surface area contributed by atoms with Crippen molar-refractivity contribution in [2.45, 2.75) is 57.8 Å². The van der Waals surface area contributed by atoms with Crippen LogP contribution in [0, 0.1) is 5.92 Å². The van der Waals surface area contributed by atoms with E-state index in [0.717, 1.165) is 19.3 Å². The first-order valence-electron chi connectivity index (χ1n) is 7.17. The Morgan fingerprint density at radius 2 is 2.21 bits per heavy atom. The summed E-state index contributed by atoms with van der Waals surface area (Å²) in [6, 6.07) is 4.49. The van der Waals surface area contributed by atoms with Gasteiger partial charge in [0.2, 0.25) is 5.91 Å². The molecule has 2 unspecified atom stereocenters. The Hall–Kier alpha value is -0.870. The minimum atomic E-state index is -0.222. The summed E-state index contributed by atoms with van der Waals surface area (Å²) in [5, 5.41) is 5.67. The molecule has 1 spiro atoms. The normalized spacial score (nSPS) is 26.4. The topological polar surface area (TPSA) is 32.3 Å². The molecule has 4 heteroatoms. The van der Waals surface area contributed by atoms with Crippen molar-refractivity contribution in [1.82, 2.24) is 10.2 Å². The number of nitrogens with one attached hydrogen (secondary N) is 1. The van der Waals surface area contributed by atoms with E-state index in [-0.39, 0.29) is 11.7 Å². The van der Waals surface area contributed by atoms with Crippen molar-refractivity contribution < 1.29 is 4.79 Å². The minimum Gasteiger partial charge on any atom is -0.318 e. The molecule has 104 valence electrons. The van der Waals surface area contributed by atoms with Crippen LogP contribution in [0.15, 0.2) is 17.5 Å². The van der Waals surface area contributed by atoms with Gasteiger partial charge in [-0.05, 0) is 43.6 Å². The van der Waals surface area contributed by atoms with Crippen molar-refractivity contribution in [3.05, 3.63) is 22.4 Å². The van der Waals surface area contributed by atoms with Crippen molar-refractivity contribution in [3.63, 3.8) is 0 Å². The molecule has 1 aliphatic carbocycles. The van der Waals surface area contributed by atoms with Crippen LogP contribution in [0.3, 0.4) is 0 Å². The second-order valence-corrected chi connectivity index (χ2v) is 7.31. The molecule has 1 aromatic rings. The molecule has 0 bridgehead atoms. The van der Waals surface area contributed by atoms with Crippen LogP contribution >= 0.6 is 11.3 Å². The van der Waals surface area contributed by atoms with Gasteiger partial charge in [-0.3, -0.25) is 10.1 Å². The molecule has 1 saturated heterocycles. The largest absolute Gasteiger partial charge is 0.318 e. The van der Waals surface area contributed by atoms with Gasteiger partial charge in [-0.1, -0.05) is 19.9 Å². The standard InChI is InChI=1S/C15H22N2OS/c1-10(2)9-11(3)17-13(12-5-4-8-19-12)16-15(6-7-15)14(17)18/h4-5,8,10-11,13,16H,6-7,9H2,1-3H3. The fraction of sp³-hybridized carbons (Fsp3) is 0.667. The van der Waals surface area contributed by atoms with E-state index in [1.54, 1.807) is 11.3 Å². The molecule has 1 N–H and O–H groups in total. The number of thiophene rings is 1. The van der Waals surface area contributed by atoms with Gasteiger partial charge in [0, 0.05) is 10.9 Å². The molecule has 3 nitrogen and oxygen atoms in total. The number of carbonyl (C=O) groups is 1. The molecule has 1 aliphatic heterocycles. The molecule has 2 aliphatic rings. The quantitative estimate of drug-likeness (QED) is 0.917. The number of nitrogens with zero attached hydrogens (tertiary/aromatic N) is 1. The molecule has 1 amide bonds. The lowest BCUT2D eigenvalue weighted by Gasteiger charge is -2.31. The van der Waals surface area contributed by atoms with E-state index < -0.39 is 0 Å². The highest BCUT2D eigenvalue weighted by molar-refractivity contribution is 7.10. The number of hydrogen-bond acceptors (Lipinski definition) is 3. The van der Waals surface area contributed by atoms with Gasteiger partial charge in [0.05, 0.1) is 0 Å². The minimum absolute atomic E-state index is 0.0868. The monoisotopic (exact) mass is 278 g/mol. The third kappa shape index (κ3) is 2.21. The van der Waals surface area contributed by atoms with Crippen LogP contribution in [0.4, 0.5) is 0 Å². The fourth-order valence-corrected chi connectivity index (χ4v) is 3.92. The Balaban J connectivity index is 1.87. The van der Waals surface area contributed by atoms with Crippen molar-refractivity contribution in [2.24, 2.45) is 5.92 Å². The summed E-state index contributed by atoms with van der Waals surface area (Å²) in [5.41, 5.74) is -0.222. The van der Waals surface area contributed by atoms with Gasteiger partial charge in [0.1, 0.15) is 11.7 Å². The fourth-order valence-electron chi connectivity index (χ4n) is 3.15. The van der Waals surface area contributed by atoms with Crippen molar-refractivity contribution in [3.8, 4) is 0 Å². The molecule has 3 rings (SSSR count). The SMILES string of the molecule is CC(C)CC(C)N1C(=O)C2(CC2)NC1c1cccs1. The lowest BCUT2D eigenvalue weighted by atomic mass is 10.0. The summed E-state index contributed by atoms with van der Waals surface area (Å²) in [5.74, 6) is 0.932. The summed E-state index contributed by atoms with van der Waals surface area (Å²) >= 11 is 1.73. The highest BCUT2D eigenvalue weighted by atomic mass is 32.1. The number of amides is 1. The van der Waals surface area contributed by atoms with E-state index in [4.69, 9.17) is 0 Å². The first-order valence-corrected chi connectivity index (χ1v) is 8.05. The van der Waals surface area contributed by atoms with Crippen LogP contribution < -0.4 is 5.32 Å². The molecule has 0 aromatic carbocycles. The van der Waals surface area contributed by atoms with Crippen LogP contribution in [-0.2, 0) is 4.79 Å². The molecule has 2 atom stereocenters. The number of hydrogen-bond donors (Lipinski definition) is 1. The average Bonchev–Trinajstić information content (AvgIpc) is 2.82. The predicted octanol–water partition coefficient (Wildman–Crippen LogP) is 3.15. The predicted molar refractivity (Wildman–Crippen MR) is 77.9 cm³/mol. The van der Waals surface area contributed by atoms with Gasteiger partial charge in [0.15, 0.2) is 0 Å². The Kier molecular flexibility index (Phi) is 3.18. The van der Waals surface area contributed by atoms with Crippen molar-refractivity contribution in [2.75, 3.05) is 0 Å². The van der Waals surface area contributed by atoms with Crippen LogP contribution in [0.2, 0.25) is 0 Å². The van der Waals surface area contributed by atoms with Crippen LogP contribution in [0.1, 0.15) is 51.1 Å². The van der Waals surface area contributed by atoms with Crippen LogP contribution in [0.5, 0.6) is 0 Å². The summed E-state index contributed by atoms with van der Waals surface area (Å²) in [4.78, 5) is 16.0. The molecular weight excluding hydrogens is 256 g/mol. The zero-order valence-electron chi connectivity index (χ0n) is 11.8. The average molecular weight is 278 g/mol. The first kappa shape index (κ1) is 13.1. The Labute approximate surface area is 119 Å². The van der Waals surface area contributed by atoms with Crippen LogP contribution in [-0.4, -0.2) is 22.4 Å². The maximum atomic E-state index is 12.7. The summed E-state index contributed by atoms with van der Waals surface area (Å²) < 4.78 is 0. The highest BCUT2D eigenvalue weighted by Gasteiger charge is 2.60. The molecule has 1 aromatic heterocycles. The van der Waals surface area contributed by atoms with Crippen molar-refractivity contribution >= 4 is 17.2 Å². The Bertz CT molecular complexity index is 464. The second-order valence-electron chi connectivity index (χ2n) is 6.34. The molecular formula is C15H22N2OS. The van der Waals surface area contributed by atoms with Gasteiger partial charge < -0.3 is 4.90 Å². The number of rotatable bonds is 4. The molecule has 19 heavy (non-hydrogen) atoms. The van der Waals surface area contributed by atoms with E-state index in [0.29, 0.717) is 17.9 Å². The van der Waals surface area contributed by atoms with E-state index in [1.165, 1.54) is 4.88 Å². The van der Waals surface area contributed by atoms with Gasteiger partial charge in [-0.15, -0.1) is 11.3 Å². The highest BCUT2D eigenvalue weighted by Crippen LogP contribution is 2.47. The van der Waals surface area contributed by atoms with Gasteiger partial charge in [0.25, 0.3) is 0 Å². The summed E-state index contributed by atoms with van der Waals surface area (Å²) in [7, 11) is 0. The second kappa shape index (κ2) is 4.60. The maximum absolute atomic E-state index is 12.7. The molecule has 0 radical (unpaired) electrons. The third-order valence-electron chi connectivity index (χ3n) is 4.19. The first-order chi connectivity index (χ1) is 9.03. The zero-order chi connectivity index (χ0) is 13.6. The number of carbonyl (C=O) groups excluding carboxylic acids is 1. The molecule has 2 fully saturated rings. The van der Waals surface area contributed by atoms with E-state index in [2.05, 4.69) is 48.5 Å². The van der Waals surface area contributed by atoms with Crippen molar-refractivity contribution in [1.29, 1.82) is 0 Å². The van der Waals surface area contributed by atoms with E-state index in [1.807, 2.05) is 0 Å². The van der Waals surface area contributed by atoms with Gasteiger partial charge >= 0.3 is 0 Å². The zero-order valence-corrected chi connectivity index (χ0v) is 12.7. The van der Waals surface area contributed by atoms with Gasteiger partial charge in [-0.2, -0.15) is 0 Å². The molecule has 2 heterocycles. The molecule has 1 saturated carbocycles. The van der Waals surface area contributed by atoms with Crippen LogP contribution in [0.25, 0.3) is 0 Å². The van der Waals surface area contributed by atoms with Gasteiger partial charge in [-0.25, -0.2) is 0 Å². The lowest BCUT2D eigenvalue weighted by molar-refractivity contribution is -0.133.